The fourth-order valence-corrected chi connectivity index (χ4v) is 2.86. The number of aromatic nitrogens is 2. The van der Waals surface area contributed by atoms with E-state index in [0.717, 1.165) is 37.6 Å². The highest BCUT2D eigenvalue weighted by Gasteiger charge is 2.28. The van der Waals surface area contributed by atoms with E-state index in [9.17, 15) is 4.79 Å². The van der Waals surface area contributed by atoms with Gasteiger partial charge >= 0.3 is 6.09 Å². The minimum atomic E-state index is -0.189. The Morgan fingerprint density at radius 1 is 1.38 bits per heavy atom. The van der Waals surface area contributed by atoms with Gasteiger partial charge in [-0.25, -0.2) is 9.78 Å². The smallest absolute Gasteiger partial charge is 0.409 e. The molecule has 21 heavy (non-hydrogen) atoms. The number of rotatable bonds is 4. The van der Waals surface area contributed by atoms with Gasteiger partial charge in [0.05, 0.1) is 12.3 Å². The molecule has 0 unspecified atom stereocenters. The number of imidazole rings is 1. The summed E-state index contributed by atoms with van der Waals surface area (Å²) in [6, 6.07) is 1.02. The topological polar surface area (TPSA) is 59.4 Å². The Morgan fingerprint density at radius 2 is 2.10 bits per heavy atom. The van der Waals surface area contributed by atoms with Crippen molar-refractivity contribution in [1.82, 2.24) is 14.5 Å². The molecule has 1 aromatic rings. The maximum absolute atomic E-state index is 11.7. The van der Waals surface area contributed by atoms with Crippen molar-refractivity contribution in [2.75, 3.05) is 25.0 Å². The Balaban J connectivity index is 1.54. The van der Waals surface area contributed by atoms with Crippen molar-refractivity contribution in [2.45, 2.75) is 51.6 Å². The average Bonchev–Trinajstić information content (AvgIpc) is 3.24. The molecule has 2 fully saturated rings. The SMILES string of the molecule is CCOC(=O)N1CCC(Nc2nc(C)cn2C2CC2)CC1. The Bertz CT molecular complexity index is 502. The van der Waals surface area contributed by atoms with E-state index in [4.69, 9.17) is 4.74 Å². The summed E-state index contributed by atoms with van der Waals surface area (Å²) in [5, 5.41) is 3.56. The van der Waals surface area contributed by atoms with Gasteiger partial charge in [-0.2, -0.15) is 0 Å². The van der Waals surface area contributed by atoms with E-state index in [1.807, 2.05) is 13.8 Å². The summed E-state index contributed by atoms with van der Waals surface area (Å²) >= 11 is 0. The van der Waals surface area contributed by atoms with Crippen LogP contribution in [0.2, 0.25) is 0 Å². The largest absolute Gasteiger partial charge is 0.450 e. The summed E-state index contributed by atoms with van der Waals surface area (Å²) < 4.78 is 7.32. The van der Waals surface area contributed by atoms with E-state index in [-0.39, 0.29) is 6.09 Å². The molecule has 0 radical (unpaired) electrons. The second kappa shape index (κ2) is 5.95. The molecule has 1 aromatic heterocycles. The van der Waals surface area contributed by atoms with Crippen LogP contribution in [0.3, 0.4) is 0 Å². The maximum atomic E-state index is 11.7. The highest BCUT2D eigenvalue weighted by Crippen LogP contribution is 2.37. The van der Waals surface area contributed by atoms with Crippen molar-refractivity contribution in [3.05, 3.63) is 11.9 Å². The highest BCUT2D eigenvalue weighted by molar-refractivity contribution is 5.67. The normalized spacial score (nSPS) is 19.6. The number of carbonyl (C=O) groups is 1. The number of aryl methyl sites for hydroxylation is 1. The van der Waals surface area contributed by atoms with E-state index in [0.29, 0.717) is 18.7 Å². The third-order valence-electron chi connectivity index (χ3n) is 4.15. The average molecular weight is 292 g/mol. The number of hydrogen-bond donors (Lipinski definition) is 1. The number of carbonyl (C=O) groups excluding carboxylic acids is 1. The Labute approximate surface area is 125 Å². The zero-order valence-corrected chi connectivity index (χ0v) is 12.8. The summed E-state index contributed by atoms with van der Waals surface area (Å²) in [6.07, 6.45) is 6.34. The molecule has 3 rings (SSSR count). The Hall–Kier alpha value is -1.72. The van der Waals surface area contributed by atoms with Crippen LogP contribution in [-0.2, 0) is 4.74 Å². The predicted molar refractivity (Wildman–Crippen MR) is 80.5 cm³/mol. The summed E-state index contributed by atoms with van der Waals surface area (Å²) in [6.45, 7) is 5.81. The van der Waals surface area contributed by atoms with Crippen LogP contribution in [0, 0.1) is 6.92 Å². The summed E-state index contributed by atoms with van der Waals surface area (Å²) in [5.74, 6) is 0.990. The zero-order valence-electron chi connectivity index (χ0n) is 12.8. The number of likely N-dealkylation sites (tertiary alicyclic amines) is 1. The number of anilines is 1. The summed E-state index contributed by atoms with van der Waals surface area (Å²) in [4.78, 5) is 18.1. The van der Waals surface area contributed by atoms with Gasteiger partial charge in [0.15, 0.2) is 0 Å². The third kappa shape index (κ3) is 3.31. The molecule has 2 heterocycles. The molecule has 1 amide bonds. The van der Waals surface area contributed by atoms with Crippen molar-refractivity contribution in [3.63, 3.8) is 0 Å². The molecule has 0 bridgehead atoms. The highest BCUT2D eigenvalue weighted by atomic mass is 16.6. The minimum Gasteiger partial charge on any atom is -0.450 e. The summed E-state index contributed by atoms with van der Waals surface area (Å²) in [5.41, 5.74) is 1.06. The first kappa shape index (κ1) is 14.2. The molecule has 0 spiro atoms. The van der Waals surface area contributed by atoms with E-state index in [1.54, 1.807) is 4.90 Å². The van der Waals surface area contributed by atoms with Crippen LogP contribution in [0.25, 0.3) is 0 Å². The lowest BCUT2D eigenvalue weighted by Gasteiger charge is -2.31. The number of hydrogen-bond acceptors (Lipinski definition) is 4. The monoisotopic (exact) mass is 292 g/mol. The molecule has 1 aliphatic carbocycles. The van der Waals surface area contributed by atoms with E-state index < -0.39 is 0 Å². The standard InChI is InChI=1S/C15H24N4O2/c1-3-21-15(20)18-8-6-12(7-9-18)17-14-16-11(2)10-19(14)13-4-5-13/h10,12-13H,3-9H2,1-2H3,(H,16,17). The molecule has 1 aliphatic heterocycles. The molecule has 1 saturated heterocycles. The Morgan fingerprint density at radius 3 is 2.71 bits per heavy atom. The number of amides is 1. The number of piperidine rings is 1. The van der Waals surface area contributed by atoms with Crippen LogP contribution in [-0.4, -0.2) is 46.3 Å². The zero-order chi connectivity index (χ0) is 14.8. The van der Waals surface area contributed by atoms with Gasteiger partial charge in [0, 0.05) is 31.4 Å². The first-order valence-electron chi connectivity index (χ1n) is 7.91. The lowest BCUT2D eigenvalue weighted by atomic mass is 10.1. The second-order valence-electron chi connectivity index (χ2n) is 5.95. The van der Waals surface area contributed by atoms with Gasteiger partial charge in [0.2, 0.25) is 5.95 Å². The van der Waals surface area contributed by atoms with E-state index >= 15 is 0 Å². The van der Waals surface area contributed by atoms with Gasteiger partial charge < -0.3 is 19.5 Å². The first-order chi connectivity index (χ1) is 10.2. The lowest BCUT2D eigenvalue weighted by Crippen LogP contribution is -2.42. The number of nitrogens with zero attached hydrogens (tertiary/aromatic N) is 3. The molecule has 2 aliphatic rings. The van der Waals surface area contributed by atoms with Crippen molar-refractivity contribution >= 4 is 12.0 Å². The van der Waals surface area contributed by atoms with Gasteiger partial charge in [0.25, 0.3) is 0 Å². The van der Waals surface area contributed by atoms with Crippen LogP contribution < -0.4 is 5.32 Å². The molecule has 116 valence electrons. The molecular weight excluding hydrogens is 268 g/mol. The van der Waals surface area contributed by atoms with E-state index in [1.165, 1.54) is 12.8 Å². The Kier molecular flexibility index (Phi) is 4.03. The van der Waals surface area contributed by atoms with Gasteiger partial charge in [-0.3, -0.25) is 0 Å². The molecule has 6 nitrogen and oxygen atoms in total. The van der Waals surface area contributed by atoms with Crippen molar-refractivity contribution in [3.8, 4) is 0 Å². The fourth-order valence-electron chi connectivity index (χ4n) is 2.86. The van der Waals surface area contributed by atoms with Crippen molar-refractivity contribution < 1.29 is 9.53 Å². The molecule has 0 aromatic carbocycles. The van der Waals surface area contributed by atoms with Gasteiger partial charge in [-0.15, -0.1) is 0 Å². The predicted octanol–water partition coefficient (Wildman–Crippen LogP) is 2.56. The van der Waals surface area contributed by atoms with Gasteiger partial charge in [-0.05, 0) is 39.5 Å². The lowest BCUT2D eigenvalue weighted by molar-refractivity contribution is 0.0983. The van der Waals surface area contributed by atoms with Gasteiger partial charge in [0.1, 0.15) is 0 Å². The quantitative estimate of drug-likeness (QED) is 0.926. The third-order valence-corrected chi connectivity index (χ3v) is 4.15. The van der Waals surface area contributed by atoms with Crippen LogP contribution in [0.4, 0.5) is 10.7 Å². The van der Waals surface area contributed by atoms with Crippen molar-refractivity contribution in [2.24, 2.45) is 0 Å². The molecular formula is C15H24N4O2. The number of nitrogens with one attached hydrogen (secondary N) is 1. The number of ether oxygens (including phenoxy) is 1. The van der Waals surface area contributed by atoms with Crippen LogP contribution in [0.1, 0.15) is 44.3 Å². The molecule has 6 heteroatoms. The maximum Gasteiger partial charge on any atom is 0.409 e. The fraction of sp³-hybridized carbons (Fsp3) is 0.733. The van der Waals surface area contributed by atoms with Crippen LogP contribution in [0.15, 0.2) is 6.20 Å². The minimum absolute atomic E-state index is 0.189. The summed E-state index contributed by atoms with van der Waals surface area (Å²) in [7, 11) is 0. The molecule has 1 saturated carbocycles. The van der Waals surface area contributed by atoms with Crippen molar-refractivity contribution in [1.29, 1.82) is 0 Å². The van der Waals surface area contributed by atoms with Crippen LogP contribution >= 0.6 is 0 Å². The van der Waals surface area contributed by atoms with E-state index in [2.05, 4.69) is 21.1 Å². The second-order valence-corrected chi connectivity index (χ2v) is 5.95. The molecule has 1 N–H and O–H groups in total. The first-order valence-corrected chi connectivity index (χ1v) is 7.91. The van der Waals surface area contributed by atoms with Crippen LogP contribution in [0.5, 0.6) is 0 Å². The molecule has 0 atom stereocenters. The van der Waals surface area contributed by atoms with Gasteiger partial charge in [-0.1, -0.05) is 0 Å².